The molecule has 0 saturated heterocycles. The van der Waals surface area contributed by atoms with Crippen LogP contribution in [-0.2, 0) is 65.4 Å². The first kappa shape index (κ1) is 99.1. The van der Waals surface area contributed by atoms with Gasteiger partial charge in [0.25, 0.3) is 0 Å². The lowest BCUT2D eigenvalue weighted by Gasteiger charge is -2.21. The average Bonchev–Trinajstić information content (AvgIpc) is 0.950. The molecule has 0 heterocycles. The zero-order chi connectivity index (χ0) is 74.4. The maximum atomic E-state index is 13.1. The predicted molar refractivity (Wildman–Crippen MR) is 414 cm³/mol. The van der Waals surface area contributed by atoms with Gasteiger partial charge in [0.1, 0.15) is 19.3 Å². The van der Waals surface area contributed by atoms with Gasteiger partial charge in [-0.1, -0.05) is 376 Å². The second-order valence-corrected chi connectivity index (χ2v) is 33.6. The van der Waals surface area contributed by atoms with Crippen LogP contribution in [0.25, 0.3) is 0 Å². The molecule has 0 bridgehead atoms. The molecular weight excluding hydrogens is 1320 g/mol. The number of phosphoric ester groups is 2. The lowest BCUT2D eigenvalue weighted by molar-refractivity contribution is -0.161. The van der Waals surface area contributed by atoms with E-state index in [-0.39, 0.29) is 25.7 Å². The minimum atomic E-state index is -4.96. The van der Waals surface area contributed by atoms with E-state index in [2.05, 4.69) is 48.5 Å². The first-order chi connectivity index (χ1) is 48.8. The average molecular weight is 1480 g/mol. The Morgan fingerprint density at radius 2 is 0.505 bits per heavy atom. The van der Waals surface area contributed by atoms with Gasteiger partial charge in [-0.15, -0.1) is 0 Å². The summed E-state index contributed by atoms with van der Waals surface area (Å²) in [7, 11) is -9.92. The number of rotatable bonds is 80. The molecule has 0 saturated carbocycles. The number of ether oxygens (including phenoxy) is 4. The van der Waals surface area contributed by atoms with E-state index < -0.39 is 97.5 Å². The summed E-state index contributed by atoms with van der Waals surface area (Å²) < 4.78 is 68.8. The van der Waals surface area contributed by atoms with E-state index in [9.17, 15) is 43.2 Å². The van der Waals surface area contributed by atoms with Crippen molar-refractivity contribution in [1.29, 1.82) is 0 Å². The molecule has 0 aromatic carbocycles. The second-order valence-electron chi connectivity index (χ2n) is 30.7. The van der Waals surface area contributed by atoms with Crippen molar-refractivity contribution in [2.24, 2.45) is 17.8 Å². The molecule has 0 rings (SSSR count). The van der Waals surface area contributed by atoms with Crippen LogP contribution in [-0.4, -0.2) is 96.7 Å². The highest BCUT2D eigenvalue weighted by atomic mass is 31.2. The molecule has 19 heteroatoms. The fourth-order valence-corrected chi connectivity index (χ4v) is 14.2. The number of carbonyl (C=O) groups excluding carboxylic acids is 4. The number of hydrogen-bond donors (Lipinski definition) is 3. The van der Waals surface area contributed by atoms with E-state index in [0.717, 1.165) is 108 Å². The van der Waals surface area contributed by atoms with Crippen molar-refractivity contribution < 1.29 is 80.2 Å². The van der Waals surface area contributed by atoms with Crippen LogP contribution in [0.4, 0.5) is 0 Å². The number of hydrogen-bond acceptors (Lipinski definition) is 15. The summed E-state index contributed by atoms with van der Waals surface area (Å²) in [6, 6.07) is 0. The molecule has 0 aromatic heterocycles. The van der Waals surface area contributed by atoms with Crippen LogP contribution in [0.15, 0.2) is 0 Å². The van der Waals surface area contributed by atoms with Crippen molar-refractivity contribution in [3.05, 3.63) is 0 Å². The maximum Gasteiger partial charge on any atom is 0.472 e. The van der Waals surface area contributed by atoms with Gasteiger partial charge in [-0.3, -0.25) is 37.3 Å². The zero-order valence-electron chi connectivity index (χ0n) is 66.4. The topological polar surface area (TPSA) is 237 Å². The molecular formula is C82H160O17P2. The summed E-state index contributed by atoms with van der Waals surface area (Å²) in [6.07, 6.45) is 61.0. The maximum absolute atomic E-state index is 13.1. The van der Waals surface area contributed by atoms with E-state index in [4.69, 9.17) is 37.0 Å². The Hall–Kier alpha value is -1.94. The predicted octanol–water partition coefficient (Wildman–Crippen LogP) is 24.5. The number of esters is 4. The van der Waals surface area contributed by atoms with Crippen LogP contribution >= 0.6 is 15.6 Å². The third-order valence-electron chi connectivity index (χ3n) is 19.5. The zero-order valence-corrected chi connectivity index (χ0v) is 68.2. The fraction of sp³-hybridized carbons (Fsp3) is 0.951. The Balaban J connectivity index is 5.25. The molecule has 0 amide bonds. The largest absolute Gasteiger partial charge is 0.472 e. The summed E-state index contributed by atoms with van der Waals surface area (Å²) in [4.78, 5) is 73.1. The molecule has 0 radical (unpaired) electrons. The summed E-state index contributed by atoms with van der Waals surface area (Å²) >= 11 is 0. The first-order valence-corrected chi connectivity index (χ1v) is 45.4. The molecule has 0 spiro atoms. The Bertz CT molecular complexity index is 1960. The molecule has 0 aliphatic rings. The Kier molecular flexibility index (Phi) is 70.9. The molecule has 17 nitrogen and oxygen atoms in total. The molecule has 6 atom stereocenters. The van der Waals surface area contributed by atoms with Crippen molar-refractivity contribution in [3.63, 3.8) is 0 Å². The van der Waals surface area contributed by atoms with Gasteiger partial charge >= 0.3 is 39.5 Å². The third-order valence-corrected chi connectivity index (χ3v) is 21.4. The Morgan fingerprint density at radius 3 is 0.752 bits per heavy atom. The molecule has 0 fully saturated rings. The van der Waals surface area contributed by atoms with Gasteiger partial charge in [0.15, 0.2) is 12.2 Å². The molecule has 0 aliphatic heterocycles. The number of carbonyl (C=O) groups is 4. The number of aliphatic hydroxyl groups is 1. The van der Waals surface area contributed by atoms with Gasteiger partial charge < -0.3 is 33.8 Å². The van der Waals surface area contributed by atoms with Crippen molar-refractivity contribution in [2.75, 3.05) is 39.6 Å². The third kappa shape index (κ3) is 74.7. The quantitative estimate of drug-likeness (QED) is 0.0222. The number of unbranched alkanes of at least 4 members (excludes halogenated alkanes) is 47. The summed E-state index contributed by atoms with van der Waals surface area (Å²) in [5.74, 6) is 0.222. The lowest BCUT2D eigenvalue weighted by Crippen LogP contribution is -2.30. The van der Waals surface area contributed by atoms with Crippen LogP contribution in [0.1, 0.15) is 427 Å². The van der Waals surface area contributed by atoms with Crippen molar-refractivity contribution >= 4 is 39.5 Å². The molecule has 600 valence electrons. The van der Waals surface area contributed by atoms with Gasteiger partial charge in [-0.25, -0.2) is 9.13 Å². The second kappa shape index (κ2) is 72.3. The minimum absolute atomic E-state index is 0.106. The standard InChI is InChI=1S/C82H160O17P2/c1-8-10-11-12-13-14-15-16-17-18-19-22-25-28-34-42-49-56-63-79(84)92-69-77(98-81(86)65-58-51-44-35-29-26-23-20-21-24-27-32-39-46-53-60-73(3)4)71-96-100(88,89)94-67-76(83)68-95-101(90,91)97-72-78(70-93-80(85)64-57-50-43-38-37-40-47-54-61-74(5)6)99-82(87)66-59-52-45-36-31-30-33-41-48-55-62-75(7)9-2/h73-78,83H,8-72H2,1-7H3,(H,88,89)(H,90,91)/t75?,76-,77-,78-/m1/s1. The van der Waals surface area contributed by atoms with Gasteiger partial charge in [-0.2, -0.15) is 0 Å². The molecule has 101 heavy (non-hydrogen) atoms. The number of aliphatic hydroxyl groups excluding tert-OH is 1. The highest BCUT2D eigenvalue weighted by Crippen LogP contribution is 2.45. The number of phosphoric acid groups is 2. The van der Waals surface area contributed by atoms with Crippen LogP contribution < -0.4 is 0 Å². The van der Waals surface area contributed by atoms with Crippen LogP contribution in [0.5, 0.6) is 0 Å². The molecule has 0 aromatic rings. The summed E-state index contributed by atoms with van der Waals surface area (Å²) in [6.45, 7) is 12.0. The van der Waals surface area contributed by atoms with E-state index in [1.54, 1.807) is 0 Å². The SMILES string of the molecule is CCCCCCCCCCCCCCCCCCCCC(=O)OC[C@H](COP(=O)(O)OC[C@@H](O)COP(=O)(O)OC[C@@H](COC(=O)CCCCCCCCCCC(C)C)OC(=O)CCCCCCCCCCCCC(C)CC)OC(=O)CCCCCCCCCCCCCCCCCC(C)C. The molecule has 3 N–H and O–H groups in total. The van der Waals surface area contributed by atoms with Crippen LogP contribution in [0, 0.1) is 17.8 Å². The highest BCUT2D eigenvalue weighted by Gasteiger charge is 2.30. The Morgan fingerprint density at radius 1 is 0.287 bits per heavy atom. The molecule has 3 unspecified atom stereocenters. The minimum Gasteiger partial charge on any atom is -0.462 e. The highest BCUT2D eigenvalue weighted by molar-refractivity contribution is 7.47. The molecule has 0 aliphatic carbocycles. The smallest absolute Gasteiger partial charge is 0.462 e. The van der Waals surface area contributed by atoms with Crippen molar-refractivity contribution in [1.82, 2.24) is 0 Å². The van der Waals surface area contributed by atoms with E-state index >= 15 is 0 Å². The van der Waals surface area contributed by atoms with Gasteiger partial charge in [0.05, 0.1) is 26.4 Å². The first-order valence-electron chi connectivity index (χ1n) is 42.4. The van der Waals surface area contributed by atoms with Crippen molar-refractivity contribution in [2.45, 2.75) is 446 Å². The summed E-state index contributed by atoms with van der Waals surface area (Å²) in [5, 5.41) is 10.7. The van der Waals surface area contributed by atoms with Crippen LogP contribution in [0.3, 0.4) is 0 Å². The van der Waals surface area contributed by atoms with Crippen molar-refractivity contribution in [3.8, 4) is 0 Å². The summed E-state index contributed by atoms with van der Waals surface area (Å²) in [5.41, 5.74) is 0. The normalized spacial score (nSPS) is 14.2. The van der Waals surface area contributed by atoms with Gasteiger partial charge in [0.2, 0.25) is 0 Å². The lowest BCUT2D eigenvalue weighted by atomic mass is 9.99. The van der Waals surface area contributed by atoms with E-state index in [1.807, 2.05) is 0 Å². The van der Waals surface area contributed by atoms with E-state index in [1.165, 1.54) is 238 Å². The van der Waals surface area contributed by atoms with Crippen LogP contribution in [0.2, 0.25) is 0 Å². The van der Waals surface area contributed by atoms with Gasteiger partial charge in [-0.05, 0) is 43.4 Å². The van der Waals surface area contributed by atoms with Gasteiger partial charge in [0, 0.05) is 25.7 Å². The fourth-order valence-electron chi connectivity index (χ4n) is 12.6. The monoisotopic (exact) mass is 1480 g/mol. The Labute approximate surface area is 619 Å². The van der Waals surface area contributed by atoms with E-state index in [0.29, 0.717) is 25.7 Å².